The number of alkyl halides is 3. The maximum atomic E-state index is 5.92. The predicted molar refractivity (Wildman–Crippen MR) is 60.3 cm³/mol. The molecule has 0 amide bonds. The van der Waals surface area contributed by atoms with Gasteiger partial charge in [-0.3, -0.25) is 0 Å². The average molecular weight is 270 g/mol. The van der Waals surface area contributed by atoms with Crippen LogP contribution in [0.25, 0.3) is 11.0 Å². The Labute approximate surface area is 100 Å². The SMILES string of the molecule is Clc1cccc2nc(C(Cl)(Cl)Cl)[nH]c12. The van der Waals surface area contributed by atoms with Crippen molar-refractivity contribution in [3.63, 3.8) is 0 Å². The molecule has 0 aliphatic heterocycles. The second kappa shape index (κ2) is 3.46. The van der Waals surface area contributed by atoms with E-state index in [9.17, 15) is 0 Å². The standard InChI is InChI=1S/C8H4Cl4N2/c9-4-2-1-3-5-6(4)14-7(13-5)8(10,11)12/h1-3H,(H,13,14). The van der Waals surface area contributed by atoms with Crippen LogP contribution in [-0.2, 0) is 3.79 Å². The van der Waals surface area contributed by atoms with Crippen molar-refractivity contribution in [2.24, 2.45) is 0 Å². The minimum Gasteiger partial charge on any atom is -0.337 e. The number of H-pyrrole nitrogens is 1. The Kier molecular flexibility index (Phi) is 2.56. The summed E-state index contributed by atoms with van der Waals surface area (Å²) < 4.78 is -1.55. The molecule has 0 atom stereocenters. The van der Waals surface area contributed by atoms with E-state index >= 15 is 0 Å². The molecule has 6 heteroatoms. The van der Waals surface area contributed by atoms with E-state index in [0.29, 0.717) is 16.1 Å². The van der Waals surface area contributed by atoms with Crippen LogP contribution in [0.4, 0.5) is 0 Å². The van der Waals surface area contributed by atoms with E-state index in [1.165, 1.54) is 0 Å². The van der Waals surface area contributed by atoms with Gasteiger partial charge in [-0.15, -0.1) is 0 Å². The highest BCUT2D eigenvalue weighted by Crippen LogP contribution is 2.37. The zero-order valence-electron chi connectivity index (χ0n) is 6.69. The lowest BCUT2D eigenvalue weighted by Gasteiger charge is -2.04. The summed E-state index contributed by atoms with van der Waals surface area (Å²) in [6.45, 7) is 0. The highest BCUT2D eigenvalue weighted by Gasteiger charge is 2.27. The van der Waals surface area contributed by atoms with E-state index < -0.39 is 3.79 Å². The smallest absolute Gasteiger partial charge is 0.248 e. The lowest BCUT2D eigenvalue weighted by Crippen LogP contribution is -2.02. The van der Waals surface area contributed by atoms with Crippen LogP contribution in [0.1, 0.15) is 5.82 Å². The van der Waals surface area contributed by atoms with Crippen LogP contribution in [0.5, 0.6) is 0 Å². The second-order valence-electron chi connectivity index (χ2n) is 2.72. The van der Waals surface area contributed by atoms with Crippen LogP contribution in [0, 0.1) is 0 Å². The molecule has 0 saturated heterocycles. The number of fused-ring (bicyclic) bond motifs is 1. The van der Waals surface area contributed by atoms with Crippen LogP contribution < -0.4 is 0 Å². The van der Waals surface area contributed by atoms with Gasteiger partial charge in [0.05, 0.1) is 16.1 Å². The predicted octanol–water partition coefficient (Wildman–Crippen LogP) is 4.04. The summed E-state index contributed by atoms with van der Waals surface area (Å²) in [6.07, 6.45) is 0. The number of para-hydroxylation sites is 1. The van der Waals surface area contributed by atoms with E-state index in [1.807, 2.05) is 0 Å². The second-order valence-corrected chi connectivity index (χ2v) is 5.41. The Balaban J connectivity index is 2.69. The maximum Gasteiger partial charge on any atom is 0.248 e. The maximum absolute atomic E-state index is 5.92. The highest BCUT2D eigenvalue weighted by molar-refractivity contribution is 6.66. The first kappa shape index (κ1) is 10.4. The van der Waals surface area contributed by atoms with Crippen molar-refractivity contribution in [1.29, 1.82) is 0 Å². The third-order valence-electron chi connectivity index (χ3n) is 1.74. The number of nitrogens with zero attached hydrogens (tertiary/aromatic N) is 1. The average Bonchev–Trinajstić information content (AvgIpc) is 2.48. The molecule has 0 unspecified atom stereocenters. The molecule has 0 spiro atoms. The number of aromatic nitrogens is 2. The van der Waals surface area contributed by atoms with Gasteiger partial charge in [-0.05, 0) is 12.1 Å². The van der Waals surface area contributed by atoms with Gasteiger partial charge in [0.25, 0.3) is 0 Å². The fourth-order valence-electron chi connectivity index (χ4n) is 1.13. The first-order valence-corrected chi connectivity index (χ1v) is 5.21. The molecule has 2 nitrogen and oxygen atoms in total. The third-order valence-corrected chi connectivity index (χ3v) is 2.59. The van der Waals surface area contributed by atoms with Gasteiger partial charge in [0, 0.05) is 0 Å². The zero-order valence-corrected chi connectivity index (χ0v) is 9.71. The van der Waals surface area contributed by atoms with Crippen LogP contribution in [0.3, 0.4) is 0 Å². The van der Waals surface area contributed by atoms with Crippen molar-refractivity contribution in [3.8, 4) is 0 Å². The number of hydrogen-bond donors (Lipinski definition) is 1. The topological polar surface area (TPSA) is 28.7 Å². The molecule has 74 valence electrons. The monoisotopic (exact) mass is 268 g/mol. The number of hydrogen-bond acceptors (Lipinski definition) is 1. The van der Waals surface area contributed by atoms with Gasteiger partial charge in [-0.2, -0.15) is 0 Å². The van der Waals surface area contributed by atoms with Crippen molar-refractivity contribution in [3.05, 3.63) is 29.0 Å². The molecule has 2 rings (SSSR count). The Morgan fingerprint density at radius 3 is 2.50 bits per heavy atom. The number of imidazole rings is 1. The van der Waals surface area contributed by atoms with Crippen LogP contribution in [0.15, 0.2) is 18.2 Å². The lowest BCUT2D eigenvalue weighted by molar-refractivity contribution is 1.05. The van der Waals surface area contributed by atoms with Crippen molar-refractivity contribution >= 4 is 57.4 Å². The normalized spacial score (nSPS) is 12.3. The molecular formula is C8H4Cl4N2. The van der Waals surface area contributed by atoms with Crippen molar-refractivity contribution in [1.82, 2.24) is 9.97 Å². The molecule has 14 heavy (non-hydrogen) atoms. The quantitative estimate of drug-likeness (QED) is 0.719. The van der Waals surface area contributed by atoms with Crippen molar-refractivity contribution in [2.45, 2.75) is 3.79 Å². The fraction of sp³-hybridized carbons (Fsp3) is 0.125. The van der Waals surface area contributed by atoms with Crippen molar-refractivity contribution < 1.29 is 0 Å². The fourth-order valence-corrected chi connectivity index (χ4v) is 1.62. The van der Waals surface area contributed by atoms with E-state index in [-0.39, 0.29) is 5.82 Å². The van der Waals surface area contributed by atoms with Gasteiger partial charge in [-0.1, -0.05) is 52.5 Å². The summed E-state index contributed by atoms with van der Waals surface area (Å²) in [5, 5.41) is 0.551. The van der Waals surface area contributed by atoms with Crippen molar-refractivity contribution in [2.75, 3.05) is 0 Å². The van der Waals surface area contributed by atoms with E-state index in [4.69, 9.17) is 46.4 Å². The van der Waals surface area contributed by atoms with Crippen LogP contribution in [0.2, 0.25) is 5.02 Å². The largest absolute Gasteiger partial charge is 0.337 e. The van der Waals surface area contributed by atoms with Gasteiger partial charge in [-0.25, -0.2) is 4.98 Å². The lowest BCUT2D eigenvalue weighted by atomic mass is 10.3. The molecule has 0 fully saturated rings. The molecule has 2 aromatic rings. The van der Waals surface area contributed by atoms with Gasteiger partial charge >= 0.3 is 0 Å². The van der Waals surface area contributed by atoms with E-state index in [0.717, 1.165) is 0 Å². The molecule has 0 saturated carbocycles. The van der Waals surface area contributed by atoms with Gasteiger partial charge < -0.3 is 4.98 Å². The highest BCUT2D eigenvalue weighted by atomic mass is 35.6. The number of aromatic amines is 1. The molecular weight excluding hydrogens is 266 g/mol. The summed E-state index contributed by atoms with van der Waals surface area (Å²) in [5.74, 6) is 0.269. The first-order valence-electron chi connectivity index (χ1n) is 3.70. The zero-order chi connectivity index (χ0) is 10.3. The molecule has 0 aliphatic carbocycles. The van der Waals surface area contributed by atoms with Gasteiger partial charge in [0.2, 0.25) is 3.79 Å². The minimum atomic E-state index is -1.55. The van der Waals surface area contributed by atoms with Crippen LogP contribution in [-0.4, -0.2) is 9.97 Å². The summed E-state index contributed by atoms with van der Waals surface area (Å²) in [7, 11) is 0. The summed E-state index contributed by atoms with van der Waals surface area (Å²) in [4.78, 5) is 6.97. The summed E-state index contributed by atoms with van der Waals surface area (Å²) in [5.41, 5.74) is 1.36. The number of nitrogens with one attached hydrogen (secondary N) is 1. The number of rotatable bonds is 0. The first-order chi connectivity index (χ1) is 6.48. The van der Waals surface area contributed by atoms with Gasteiger partial charge in [0.1, 0.15) is 0 Å². The molecule has 0 radical (unpaired) electrons. The summed E-state index contributed by atoms with van der Waals surface area (Å²) in [6, 6.07) is 5.31. The molecule has 1 N–H and O–H groups in total. The van der Waals surface area contributed by atoms with Gasteiger partial charge in [0.15, 0.2) is 5.82 Å². The van der Waals surface area contributed by atoms with E-state index in [1.54, 1.807) is 18.2 Å². The minimum absolute atomic E-state index is 0.269. The molecule has 1 heterocycles. The molecule has 0 aliphatic rings. The third kappa shape index (κ3) is 1.80. The Bertz CT molecular complexity index is 472. The number of halogens is 4. The van der Waals surface area contributed by atoms with E-state index in [2.05, 4.69) is 9.97 Å². The number of benzene rings is 1. The summed E-state index contributed by atoms with van der Waals surface area (Å²) >= 11 is 22.9. The Morgan fingerprint density at radius 1 is 1.21 bits per heavy atom. The van der Waals surface area contributed by atoms with Crippen LogP contribution >= 0.6 is 46.4 Å². The molecule has 1 aromatic carbocycles. The molecule has 1 aromatic heterocycles. The Morgan fingerprint density at radius 2 is 1.93 bits per heavy atom. The molecule has 0 bridgehead atoms. The Hall–Kier alpha value is -0.150.